The predicted octanol–water partition coefficient (Wildman–Crippen LogP) is 4.42. The molecule has 0 bridgehead atoms. The van der Waals surface area contributed by atoms with E-state index in [4.69, 9.17) is 0 Å². The Morgan fingerprint density at radius 3 is 2.74 bits per heavy atom. The summed E-state index contributed by atoms with van der Waals surface area (Å²) < 4.78 is 13.7. The Morgan fingerprint density at radius 1 is 1.22 bits per heavy atom. The van der Waals surface area contributed by atoms with Crippen molar-refractivity contribution in [3.8, 4) is 10.6 Å². The Balaban J connectivity index is 1.83. The van der Waals surface area contributed by atoms with Crippen LogP contribution in [0.1, 0.15) is 12.6 Å². The number of para-hydroxylation sites is 1. The number of carbonyl (C=O) groups excluding carboxylic acids is 1. The van der Waals surface area contributed by atoms with Crippen molar-refractivity contribution in [2.45, 2.75) is 13.8 Å². The second-order valence-electron chi connectivity index (χ2n) is 4.76. The van der Waals surface area contributed by atoms with E-state index >= 15 is 0 Å². The number of aryl methyl sites for hydroxylation is 1. The van der Waals surface area contributed by atoms with Crippen molar-refractivity contribution in [2.24, 2.45) is 0 Å². The molecule has 1 aromatic carbocycles. The van der Waals surface area contributed by atoms with E-state index in [9.17, 15) is 9.18 Å². The maximum Gasteiger partial charge on any atom is 0.223 e. The topological polar surface area (TPSA) is 66.9 Å². The molecule has 2 aromatic heterocycles. The molecule has 8 heteroatoms. The number of nitrogens with one attached hydrogen (secondary N) is 2. The van der Waals surface area contributed by atoms with Gasteiger partial charge in [0.25, 0.3) is 0 Å². The Labute approximate surface area is 140 Å². The molecule has 0 aliphatic rings. The molecule has 0 fully saturated rings. The number of halogens is 1. The minimum absolute atomic E-state index is 0.162. The monoisotopic (exact) mass is 348 g/mol. The minimum atomic E-state index is -0.328. The van der Waals surface area contributed by atoms with Gasteiger partial charge in [-0.15, -0.1) is 11.3 Å². The second kappa shape index (κ2) is 6.43. The molecular formula is C15H13FN4OS2. The zero-order valence-corrected chi connectivity index (χ0v) is 14.0. The first-order valence-electron chi connectivity index (χ1n) is 6.75. The van der Waals surface area contributed by atoms with Crippen molar-refractivity contribution in [3.63, 3.8) is 0 Å². The third-order valence-electron chi connectivity index (χ3n) is 2.93. The number of anilines is 3. The number of benzene rings is 1. The summed E-state index contributed by atoms with van der Waals surface area (Å²) >= 11 is 2.75. The summed E-state index contributed by atoms with van der Waals surface area (Å²) in [5.41, 5.74) is 1.93. The molecule has 2 N–H and O–H groups in total. The van der Waals surface area contributed by atoms with Gasteiger partial charge in [0.15, 0.2) is 10.3 Å². The van der Waals surface area contributed by atoms with Crippen molar-refractivity contribution >= 4 is 44.5 Å². The van der Waals surface area contributed by atoms with Crippen LogP contribution < -0.4 is 10.6 Å². The lowest BCUT2D eigenvalue weighted by Gasteiger charge is -2.02. The fourth-order valence-electron chi connectivity index (χ4n) is 1.95. The molecule has 0 spiro atoms. The Bertz CT molecular complexity index is 859. The normalized spacial score (nSPS) is 10.6. The number of hydrogen-bond acceptors (Lipinski definition) is 6. The van der Waals surface area contributed by atoms with Gasteiger partial charge in [0.1, 0.15) is 5.82 Å². The highest BCUT2D eigenvalue weighted by Crippen LogP contribution is 2.35. The lowest BCUT2D eigenvalue weighted by molar-refractivity contribution is -0.114. The van der Waals surface area contributed by atoms with Gasteiger partial charge < -0.3 is 10.6 Å². The average Bonchev–Trinajstić information content (AvgIpc) is 3.07. The standard InChI is InChI=1S/C15H13FN4OS2/c1-8-13(23-15(17-8)18-9(2)21)12-7-22-14(20-12)19-11-6-4-3-5-10(11)16/h3-7H,1-2H3,(H,19,20)(H,17,18,21). The summed E-state index contributed by atoms with van der Waals surface area (Å²) in [4.78, 5) is 20.8. The molecule has 0 radical (unpaired) electrons. The summed E-state index contributed by atoms with van der Waals surface area (Å²) in [6.07, 6.45) is 0. The lowest BCUT2D eigenvalue weighted by Crippen LogP contribution is -2.04. The van der Waals surface area contributed by atoms with Crippen LogP contribution in [0.5, 0.6) is 0 Å². The van der Waals surface area contributed by atoms with Crippen molar-refractivity contribution in [2.75, 3.05) is 10.6 Å². The Hall–Kier alpha value is -2.32. The third-order valence-corrected chi connectivity index (χ3v) is 4.78. The van der Waals surface area contributed by atoms with Crippen molar-refractivity contribution < 1.29 is 9.18 Å². The molecule has 0 atom stereocenters. The molecule has 2 heterocycles. The number of hydrogen-bond donors (Lipinski definition) is 2. The molecule has 0 unspecified atom stereocenters. The number of amides is 1. The first-order valence-corrected chi connectivity index (χ1v) is 8.45. The van der Waals surface area contributed by atoms with Crippen LogP contribution in [0.15, 0.2) is 29.6 Å². The number of aromatic nitrogens is 2. The van der Waals surface area contributed by atoms with E-state index in [1.165, 1.54) is 35.7 Å². The summed E-state index contributed by atoms with van der Waals surface area (Å²) in [6, 6.07) is 6.44. The highest BCUT2D eigenvalue weighted by molar-refractivity contribution is 7.20. The Kier molecular flexibility index (Phi) is 4.35. The quantitative estimate of drug-likeness (QED) is 0.732. The predicted molar refractivity (Wildman–Crippen MR) is 91.9 cm³/mol. The first kappa shape index (κ1) is 15.6. The van der Waals surface area contributed by atoms with Gasteiger partial charge in [-0.05, 0) is 19.1 Å². The fourth-order valence-corrected chi connectivity index (χ4v) is 3.71. The second-order valence-corrected chi connectivity index (χ2v) is 6.61. The third kappa shape index (κ3) is 3.54. The van der Waals surface area contributed by atoms with Crippen LogP contribution in [0.2, 0.25) is 0 Å². The van der Waals surface area contributed by atoms with Gasteiger partial charge in [0, 0.05) is 12.3 Å². The van der Waals surface area contributed by atoms with Gasteiger partial charge in [0.2, 0.25) is 5.91 Å². The number of carbonyl (C=O) groups is 1. The molecule has 0 aliphatic heterocycles. The van der Waals surface area contributed by atoms with Crippen molar-refractivity contribution in [3.05, 3.63) is 41.2 Å². The summed E-state index contributed by atoms with van der Waals surface area (Å²) in [7, 11) is 0. The van der Waals surface area contributed by atoms with E-state index in [2.05, 4.69) is 20.6 Å². The van der Waals surface area contributed by atoms with Gasteiger partial charge in [-0.1, -0.05) is 23.5 Å². The lowest BCUT2D eigenvalue weighted by atomic mass is 10.3. The highest BCUT2D eigenvalue weighted by Gasteiger charge is 2.14. The van der Waals surface area contributed by atoms with E-state index in [-0.39, 0.29) is 11.7 Å². The summed E-state index contributed by atoms with van der Waals surface area (Å²) in [5, 5.41) is 8.65. The van der Waals surface area contributed by atoms with Gasteiger partial charge in [-0.3, -0.25) is 4.79 Å². The molecule has 1 amide bonds. The maximum atomic E-state index is 13.7. The van der Waals surface area contributed by atoms with Crippen LogP contribution in [0.4, 0.5) is 20.3 Å². The SMILES string of the molecule is CC(=O)Nc1nc(C)c(-c2csc(Nc3ccccc3F)n2)s1. The van der Waals surface area contributed by atoms with Crippen LogP contribution in [0, 0.1) is 12.7 Å². The maximum absolute atomic E-state index is 13.7. The zero-order valence-electron chi connectivity index (χ0n) is 12.4. The van der Waals surface area contributed by atoms with E-state index in [1.807, 2.05) is 12.3 Å². The highest BCUT2D eigenvalue weighted by atomic mass is 32.1. The first-order chi connectivity index (χ1) is 11.0. The van der Waals surface area contributed by atoms with E-state index in [0.29, 0.717) is 16.0 Å². The molecule has 23 heavy (non-hydrogen) atoms. The molecule has 5 nitrogen and oxygen atoms in total. The number of rotatable bonds is 4. The summed E-state index contributed by atoms with van der Waals surface area (Å²) in [6.45, 7) is 3.30. The van der Waals surface area contributed by atoms with Gasteiger partial charge in [0.05, 0.1) is 22.0 Å². The Morgan fingerprint density at radius 2 is 2.00 bits per heavy atom. The van der Waals surface area contributed by atoms with Gasteiger partial charge >= 0.3 is 0 Å². The van der Waals surface area contributed by atoms with Crippen molar-refractivity contribution in [1.82, 2.24) is 9.97 Å². The van der Waals surface area contributed by atoms with E-state index in [0.717, 1.165) is 16.3 Å². The molecule has 0 saturated heterocycles. The molecule has 3 aromatic rings. The fraction of sp³-hybridized carbons (Fsp3) is 0.133. The zero-order chi connectivity index (χ0) is 16.4. The van der Waals surface area contributed by atoms with Crippen LogP contribution in [0.25, 0.3) is 10.6 Å². The van der Waals surface area contributed by atoms with E-state index in [1.54, 1.807) is 18.2 Å². The average molecular weight is 348 g/mol. The number of thiazole rings is 2. The molecule has 0 aliphatic carbocycles. The summed E-state index contributed by atoms with van der Waals surface area (Å²) in [5.74, 6) is -0.489. The minimum Gasteiger partial charge on any atom is -0.329 e. The van der Waals surface area contributed by atoms with Crippen LogP contribution in [-0.4, -0.2) is 15.9 Å². The van der Waals surface area contributed by atoms with Crippen LogP contribution in [-0.2, 0) is 4.79 Å². The molecular weight excluding hydrogens is 335 g/mol. The van der Waals surface area contributed by atoms with Gasteiger partial charge in [-0.25, -0.2) is 14.4 Å². The molecule has 3 rings (SSSR count). The van der Waals surface area contributed by atoms with Gasteiger partial charge in [-0.2, -0.15) is 0 Å². The van der Waals surface area contributed by atoms with E-state index < -0.39 is 0 Å². The smallest absolute Gasteiger partial charge is 0.223 e. The molecule has 0 saturated carbocycles. The van der Waals surface area contributed by atoms with Crippen molar-refractivity contribution in [1.29, 1.82) is 0 Å². The largest absolute Gasteiger partial charge is 0.329 e. The van der Waals surface area contributed by atoms with Crippen LogP contribution in [0.3, 0.4) is 0 Å². The number of nitrogens with zero attached hydrogens (tertiary/aromatic N) is 2. The van der Waals surface area contributed by atoms with Crippen LogP contribution >= 0.6 is 22.7 Å². The molecule has 118 valence electrons.